The quantitative estimate of drug-likeness (QED) is 0.234. The molecule has 0 radical (unpaired) electrons. The molecule has 53 heavy (non-hydrogen) atoms. The van der Waals surface area contributed by atoms with E-state index >= 15 is 0 Å². The Balaban J connectivity index is 1.21. The van der Waals surface area contributed by atoms with Gasteiger partial charge in [-0.15, -0.1) is 0 Å². The Bertz CT molecular complexity index is 2140. The van der Waals surface area contributed by atoms with E-state index in [9.17, 15) is 0 Å². The molecule has 272 valence electrons. The van der Waals surface area contributed by atoms with Crippen molar-refractivity contribution in [2.45, 2.75) is 128 Å². The van der Waals surface area contributed by atoms with Gasteiger partial charge < -0.3 is 0 Å². The fourth-order valence-electron chi connectivity index (χ4n) is 14.0. The zero-order chi connectivity index (χ0) is 36.8. The molecular formula is C52H60Zr. The summed E-state index contributed by atoms with van der Waals surface area (Å²) in [5, 5.41) is 0. The number of benzene rings is 3. The number of rotatable bonds is 6. The third-order valence-electron chi connectivity index (χ3n) is 15.6. The van der Waals surface area contributed by atoms with E-state index in [1.807, 2.05) is 6.49 Å². The van der Waals surface area contributed by atoms with Crippen molar-refractivity contribution in [3.05, 3.63) is 126 Å². The summed E-state index contributed by atoms with van der Waals surface area (Å²) < 4.78 is 4.19. The molecule has 1 atom stereocenters. The molecule has 3 aromatic rings. The van der Waals surface area contributed by atoms with Gasteiger partial charge in [0.15, 0.2) is 0 Å². The van der Waals surface area contributed by atoms with Crippen molar-refractivity contribution in [1.82, 2.24) is 0 Å². The van der Waals surface area contributed by atoms with E-state index in [4.69, 9.17) is 0 Å². The fraction of sp³-hybridized carbons (Fsp3) is 0.481. The number of hydrogen-bond donors (Lipinski definition) is 0. The van der Waals surface area contributed by atoms with Gasteiger partial charge in [0.25, 0.3) is 0 Å². The molecule has 8 aliphatic rings. The van der Waals surface area contributed by atoms with Crippen molar-refractivity contribution < 1.29 is 21.3 Å². The van der Waals surface area contributed by atoms with Crippen LogP contribution in [0.5, 0.6) is 0 Å². The second kappa shape index (κ2) is 11.9. The van der Waals surface area contributed by atoms with Gasteiger partial charge in [-0.1, -0.05) is 0 Å². The molecule has 4 fully saturated rings. The molecule has 0 aliphatic heterocycles. The molecule has 0 aromatic heterocycles. The zero-order valence-electron chi connectivity index (χ0n) is 34.0. The summed E-state index contributed by atoms with van der Waals surface area (Å²) >= 11 is -2.76. The van der Waals surface area contributed by atoms with Gasteiger partial charge in [0, 0.05) is 0 Å². The molecule has 1 unspecified atom stereocenters. The molecule has 0 amide bonds. The van der Waals surface area contributed by atoms with Crippen molar-refractivity contribution in [3.63, 3.8) is 0 Å². The van der Waals surface area contributed by atoms with E-state index in [1.165, 1.54) is 83.9 Å². The van der Waals surface area contributed by atoms with Crippen molar-refractivity contribution in [2.75, 3.05) is 0 Å². The van der Waals surface area contributed by atoms with Crippen LogP contribution in [0.2, 0.25) is 0 Å². The Morgan fingerprint density at radius 1 is 0.698 bits per heavy atom. The first-order valence-electron chi connectivity index (χ1n) is 21.2. The second-order valence-electron chi connectivity index (χ2n) is 20.2. The molecule has 4 saturated carbocycles. The number of hydrogen-bond acceptors (Lipinski definition) is 0. The Morgan fingerprint density at radius 2 is 1.21 bits per heavy atom. The van der Waals surface area contributed by atoms with Crippen LogP contribution in [0.1, 0.15) is 156 Å². The Hall–Kier alpha value is -2.63. The Morgan fingerprint density at radius 3 is 1.70 bits per heavy atom. The molecular weight excluding hydrogens is 716 g/mol. The molecule has 0 nitrogen and oxygen atoms in total. The maximum absolute atomic E-state index is 2.80. The molecule has 0 heterocycles. The monoisotopic (exact) mass is 774 g/mol. The molecule has 0 saturated heterocycles. The molecule has 0 N–H and O–H groups in total. The van der Waals surface area contributed by atoms with Gasteiger partial charge >= 0.3 is 330 Å². The van der Waals surface area contributed by atoms with E-state index in [2.05, 4.69) is 135 Å². The van der Waals surface area contributed by atoms with Crippen molar-refractivity contribution >= 4 is 14.4 Å². The Kier molecular flexibility index (Phi) is 7.85. The molecule has 0 spiro atoms. The van der Waals surface area contributed by atoms with Crippen LogP contribution in [0.25, 0.3) is 22.3 Å². The van der Waals surface area contributed by atoms with Crippen LogP contribution in [0.3, 0.4) is 0 Å². The van der Waals surface area contributed by atoms with E-state index in [-0.39, 0.29) is 10.8 Å². The van der Waals surface area contributed by atoms with E-state index in [0.29, 0.717) is 15.0 Å². The third-order valence-corrected chi connectivity index (χ3v) is 25.2. The first-order valence-corrected chi connectivity index (χ1v) is 25.1. The van der Waals surface area contributed by atoms with E-state index in [1.54, 1.807) is 33.4 Å². The van der Waals surface area contributed by atoms with Crippen LogP contribution < -0.4 is 0 Å². The van der Waals surface area contributed by atoms with Crippen LogP contribution in [0, 0.1) is 29.1 Å². The van der Waals surface area contributed by atoms with Crippen molar-refractivity contribution in [2.24, 2.45) is 29.1 Å². The number of fused-ring (bicyclic) bond motifs is 5. The predicted molar refractivity (Wildman–Crippen MR) is 223 cm³/mol. The zero-order valence-corrected chi connectivity index (χ0v) is 36.4. The van der Waals surface area contributed by atoms with Gasteiger partial charge in [0.05, 0.1) is 0 Å². The summed E-state index contributed by atoms with van der Waals surface area (Å²) in [5.74, 6) is 3.55. The van der Waals surface area contributed by atoms with Gasteiger partial charge in [0.2, 0.25) is 0 Å². The maximum atomic E-state index is 2.80. The molecule has 1 heteroatoms. The van der Waals surface area contributed by atoms with Crippen LogP contribution in [0.15, 0.2) is 87.3 Å². The minimum absolute atomic E-state index is 0.0551. The molecule has 4 bridgehead atoms. The van der Waals surface area contributed by atoms with Gasteiger partial charge in [-0.25, -0.2) is 0 Å². The summed E-state index contributed by atoms with van der Waals surface area (Å²) in [6, 6.07) is 22.5. The fourth-order valence-corrected chi connectivity index (χ4v) is 24.1. The van der Waals surface area contributed by atoms with E-state index < -0.39 is 21.3 Å². The third kappa shape index (κ3) is 5.24. The number of allylic oxidation sites excluding steroid dienone is 8. The average Bonchev–Trinajstić information content (AvgIpc) is 3.71. The molecule has 8 aliphatic carbocycles. The van der Waals surface area contributed by atoms with Crippen LogP contribution >= 0.6 is 0 Å². The average molecular weight is 776 g/mol. The summed E-state index contributed by atoms with van der Waals surface area (Å²) in [6.45, 7) is 22.1. The van der Waals surface area contributed by atoms with Gasteiger partial charge in [-0.05, 0) is 0 Å². The molecule has 3 aromatic carbocycles. The van der Waals surface area contributed by atoms with Crippen LogP contribution in [-0.4, -0.2) is 3.21 Å². The van der Waals surface area contributed by atoms with Crippen LogP contribution in [-0.2, 0) is 32.1 Å². The standard InChI is InChI=1S/C25H25.C18H25.C9H10.Zr/c1-14-12-24(3,4)22-8-16-7-17-9-23-19(15(2)13-25(23,5)6)11-21(17)20(16)10-18(14)22;1-12-3-13(2)17(4-12)11-18-8-14-5-15(9-18)7-16(6-14)10-18;1-2-6-9-7-4-3-5-8-9;/h7-13H,1-6H3;4,12,14-16H,5-11H2,1-2H3;3-5,7-8H,2H2,1H3;. The SMILES string of the molecule is CC[C](c1ccccc1)=[Zr]([C]1=C(C)C(CC23CC4CC(CC(C4)C2)C3)=CC1C)[CH]1c2cc3c(cc2-c2cc4c(cc21)C(C)(C)C=C4C)C(C)=CC3(C)C. The topological polar surface area (TPSA) is 0 Å². The van der Waals surface area contributed by atoms with Crippen molar-refractivity contribution in [1.29, 1.82) is 0 Å². The van der Waals surface area contributed by atoms with Crippen molar-refractivity contribution in [3.8, 4) is 11.1 Å². The van der Waals surface area contributed by atoms with E-state index in [0.717, 1.165) is 24.2 Å². The summed E-state index contributed by atoms with van der Waals surface area (Å²) in [6.07, 6.45) is 19.4. The summed E-state index contributed by atoms with van der Waals surface area (Å²) in [5.41, 5.74) is 21.0. The van der Waals surface area contributed by atoms with Gasteiger partial charge in [-0.2, -0.15) is 0 Å². The summed E-state index contributed by atoms with van der Waals surface area (Å²) in [7, 11) is 0. The van der Waals surface area contributed by atoms with Gasteiger partial charge in [0.1, 0.15) is 0 Å². The van der Waals surface area contributed by atoms with Crippen LogP contribution in [0.4, 0.5) is 0 Å². The minimum atomic E-state index is -2.76. The first kappa shape index (κ1) is 34.8. The summed E-state index contributed by atoms with van der Waals surface area (Å²) in [4.78, 5) is 0. The first-order chi connectivity index (χ1) is 25.3. The normalized spacial score (nSPS) is 30.2. The molecule has 11 rings (SSSR count). The second-order valence-corrected chi connectivity index (χ2v) is 26.5. The van der Waals surface area contributed by atoms with Gasteiger partial charge in [-0.3, -0.25) is 0 Å². The Labute approximate surface area is 328 Å². The predicted octanol–water partition coefficient (Wildman–Crippen LogP) is 13.9.